The number of ether oxygens (including phenoxy) is 1. The third kappa shape index (κ3) is 4.23. The molecular formula is C26H32ClN5O3S. The molecule has 10 heteroatoms. The zero-order valence-electron chi connectivity index (χ0n) is 20.4. The van der Waals surface area contributed by atoms with Gasteiger partial charge in [-0.05, 0) is 56.2 Å². The summed E-state index contributed by atoms with van der Waals surface area (Å²) in [6, 6.07) is 2.14. The lowest BCUT2D eigenvalue weighted by Gasteiger charge is -2.41. The highest BCUT2D eigenvalue weighted by Gasteiger charge is 2.47. The first-order valence-electron chi connectivity index (χ1n) is 12.7. The fraction of sp³-hybridized carbons (Fsp3) is 0.577. The Labute approximate surface area is 220 Å². The summed E-state index contributed by atoms with van der Waals surface area (Å²) in [6.45, 7) is 4.20. The Balaban J connectivity index is 1.18. The molecule has 8 nitrogen and oxygen atoms in total. The number of allylic oxidation sites excluding steroid dienone is 1. The lowest BCUT2D eigenvalue weighted by molar-refractivity contribution is 0.0973. The quantitative estimate of drug-likeness (QED) is 0.512. The van der Waals surface area contributed by atoms with E-state index < -0.39 is 0 Å². The predicted octanol–water partition coefficient (Wildman–Crippen LogP) is 3.36. The zero-order valence-corrected chi connectivity index (χ0v) is 22.0. The van der Waals surface area contributed by atoms with Crippen LogP contribution in [0.3, 0.4) is 0 Å². The number of hydrogen-bond donors (Lipinski definition) is 3. The Morgan fingerprint density at radius 2 is 2.11 bits per heavy atom. The Morgan fingerprint density at radius 1 is 1.31 bits per heavy atom. The average Bonchev–Trinajstić information content (AvgIpc) is 3.36. The summed E-state index contributed by atoms with van der Waals surface area (Å²) in [7, 11) is 0. The van der Waals surface area contributed by atoms with Crippen molar-refractivity contribution in [1.29, 1.82) is 0 Å². The first-order chi connectivity index (χ1) is 17.4. The SMILES string of the molecule is C[C@@H]1OCC2(CCN(c3ncc(Sc4cc5c(nc4Cl)C4=C(CCC(O)C4)C5)nc3CO)CC2)[C@@H]1N. The van der Waals surface area contributed by atoms with Gasteiger partial charge in [-0.25, -0.2) is 15.0 Å². The molecule has 36 heavy (non-hydrogen) atoms. The van der Waals surface area contributed by atoms with E-state index in [2.05, 4.69) is 17.9 Å². The molecule has 6 rings (SSSR count). The Kier molecular flexibility index (Phi) is 6.50. The standard InChI is InChI=1S/C26H32ClN5O3S/c1-14-23(28)26(13-35-14)4-6-32(7-5-26)25-19(12-33)30-21(11-29-25)36-20-9-16-8-15-2-3-17(34)10-18(15)22(16)31-24(20)27/h9,11,14,17,23,33-34H,2-8,10,12-13,28H2,1H3/t14-,17?,23+/m0/s1. The van der Waals surface area contributed by atoms with Crippen LogP contribution >= 0.6 is 23.4 Å². The molecule has 192 valence electrons. The molecule has 2 aromatic rings. The van der Waals surface area contributed by atoms with E-state index in [-0.39, 0.29) is 30.3 Å². The topological polar surface area (TPSA) is 118 Å². The summed E-state index contributed by atoms with van der Waals surface area (Å²) >= 11 is 8.01. The van der Waals surface area contributed by atoms with Gasteiger partial charge in [0, 0.05) is 31.0 Å². The molecule has 2 aliphatic heterocycles. The number of aliphatic hydroxyl groups is 2. The van der Waals surface area contributed by atoms with Gasteiger partial charge in [0.2, 0.25) is 0 Å². The molecule has 0 saturated carbocycles. The summed E-state index contributed by atoms with van der Waals surface area (Å²) in [6.07, 6.45) is 6.66. The number of pyridine rings is 1. The summed E-state index contributed by atoms with van der Waals surface area (Å²) < 4.78 is 5.84. The van der Waals surface area contributed by atoms with Crippen molar-refractivity contribution in [2.75, 3.05) is 24.6 Å². The highest BCUT2D eigenvalue weighted by Crippen LogP contribution is 2.45. The van der Waals surface area contributed by atoms with Gasteiger partial charge >= 0.3 is 0 Å². The van der Waals surface area contributed by atoms with Crippen molar-refractivity contribution in [3.8, 4) is 0 Å². The first-order valence-corrected chi connectivity index (χ1v) is 13.9. The number of aromatic nitrogens is 3. The smallest absolute Gasteiger partial charge is 0.152 e. The normalized spacial score (nSPS) is 27.0. The molecule has 2 saturated heterocycles. The maximum atomic E-state index is 10.1. The monoisotopic (exact) mass is 529 g/mol. The molecule has 1 spiro atoms. The molecule has 0 radical (unpaired) electrons. The van der Waals surface area contributed by atoms with E-state index in [0.29, 0.717) is 28.9 Å². The maximum absolute atomic E-state index is 10.1. The van der Waals surface area contributed by atoms with Crippen molar-refractivity contribution < 1.29 is 14.9 Å². The van der Waals surface area contributed by atoms with Gasteiger partial charge in [-0.2, -0.15) is 0 Å². The molecule has 4 N–H and O–H groups in total. The second-order valence-electron chi connectivity index (χ2n) is 10.6. The lowest BCUT2D eigenvalue weighted by atomic mass is 9.73. The van der Waals surface area contributed by atoms with Crippen molar-refractivity contribution >= 4 is 34.8 Å². The summed E-state index contributed by atoms with van der Waals surface area (Å²) in [5, 5.41) is 21.3. The van der Waals surface area contributed by atoms with Gasteiger partial charge in [0.15, 0.2) is 5.82 Å². The van der Waals surface area contributed by atoms with E-state index in [4.69, 9.17) is 37.0 Å². The summed E-state index contributed by atoms with van der Waals surface area (Å²) in [5.41, 5.74) is 11.7. The van der Waals surface area contributed by atoms with Crippen molar-refractivity contribution in [3.05, 3.63) is 39.9 Å². The van der Waals surface area contributed by atoms with Gasteiger partial charge in [0.05, 0.1) is 42.2 Å². The van der Waals surface area contributed by atoms with Gasteiger partial charge in [-0.3, -0.25) is 0 Å². The molecule has 3 atom stereocenters. The van der Waals surface area contributed by atoms with Gasteiger partial charge in [-0.1, -0.05) is 28.9 Å². The molecular weight excluding hydrogens is 498 g/mol. The molecule has 0 aromatic carbocycles. The number of anilines is 1. The molecule has 2 fully saturated rings. The van der Waals surface area contributed by atoms with Crippen LogP contribution < -0.4 is 10.6 Å². The third-order valence-electron chi connectivity index (χ3n) is 8.43. The summed E-state index contributed by atoms with van der Waals surface area (Å²) in [5.74, 6) is 0.728. The van der Waals surface area contributed by atoms with E-state index in [1.165, 1.54) is 17.3 Å². The van der Waals surface area contributed by atoms with Gasteiger partial charge in [0.25, 0.3) is 0 Å². The molecule has 4 heterocycles. The van der Waals surface area contributed by atoms with Crippen LogP contribution in [0.2, 0.25) is 5.15 Å². The van der Waals surface area contributed by atoms with E-state index in [1.807, 2.05) is 0 Å². The van der Waals surface area contributed by atoms with Crippen molar-refractivity contribution in [3.63, 3.8) is 0 Å². The Hall–Kier alpha value is -1.75. The molecule has 0 amide bonds. The highest BCUT2D eigenvalue weighted by molar-refractivity contribution is 7.99. The number of nitrogens with zero attached hydrogens (tertiary/aromatic N) is 4. The number of nitrogens with two attached hydrogens (primary N) is 1. The molecule has 2 aromatic heterocycles. The van der Waals surface area contributed by atoms with Crippen molar-refractivity contribution in [2.24, 2.45) is 11.1 Å². The highest BCUT2D eigenvalue weighted by atomic mass is 35.5. The second-order valence-corrected chi connectivity index (χ2v) is 12.0. The fourth-order valence-corrected chi connectivity index (χ4v) is 7.29. The van der Waals surface area contributed by atoms with Crippen molar-refractivity contribution in [1.82, 2.24) is 15.0 Å². The molecule has 1 unspecified atom stereocenters. The lowest BCUT2D eigenvalue weighted by Crippen LogP contribution is -2.51. The van der Waals surface area contributed by atoms with Crippen LogP contribution in [0.1, 0.15) is 56.0 Å². The Morgan fingerprint density at radius 3 is 2.83 bits per heavy atom. The minimum absolute atomic E-state index is 0.0298. The number of hydrogen-bond acceptors (Lipinski definition) is 9. The van der Waals surface area contributed by atoms with Crippen LogP contribution in [0.5, 0.6) is 0 Å². The minimum Gasteiger partial charge on any atom is -0.393 e. The number of fused-ring (bicyclic) bond motifs is 2. The van der Waals surface area contributed by atoms with Crippen LogP contribution in [0, 0.1) is 5.41 Å². The summed E-state index contributed by atoms with van der Waals surface area (Å²) in [4.78, 5) is 17.2. The number of halogens is 1. The number of aliphatic hydroxyl groups excluding tert-OH is 2. The fourth-order valence-electron chi connectivity index (χ4n) is 6.21. The molecule has 4 aliphatic rings. The average molecular weight is 530 g/mol. The number of rotatable bonds is 4. The second kappa shape index (κ2) is 9.53. The Bertz CT molecular complexity index is 1220. The third-order valence-corrected chi connectivity index (χ3v) is 9.77. The van der Waals surface area contributed by atoms with Gasteiger partial charge < -0.3 is 25.6 Å². The predicted molar refractivity (Wildman–Crippen MR) is 139 cm³/mol. The largest absolute Gasteiger partial charge is 0.393 e. The first kappa shape index (κ1) is 24.6. The molecule has 2 aliphatic carbocycles. The van der Waals surface area contributed by atoms with Crippen LogP contribution in [0.15, 0.2) is 27.8 Å². The van der Waals surface area contributed by atoms with E-state index in [0.717, 1.165) is 72.7 Å². The van der Waals surface area contributed by atoms with E-state index >= 15 is 0 Å². The van der Waals surface area contributed by atoms with Crippen LogP contribution in [0.25, 0.3) is 5.57 Å². The number of piperidine rings is 1. The van der Waals surface area contributed by atoms with Gasteiger partial charge in [-0.15, -0.1) is 0 Å². The van der Waals surface area contributed by atoms with E-state index in [1.54, 1.807) is 6.20 Å². The van der Waals surface area contributed by atoms with Crippen LogP contribution in [0.4, 0.5) is 5.82 Å². The van der Waals surface area contributed by atoms with Gasteiger partial charge in [0.1, 0.15) is 15.9 Å². The maximum Gasteiger partial charge on any atom is 0.152 e. The van der Waals surface area contributed by atoms with Crippen LogP contribution in [-0.2, 0) is 17.8 Å². The minimum atomic E-state index is -0.299. The van der Waals surface area contributed by atoms with Crippen LogP contribution in [-0.4, -0.2) is 63.1 Å². The molecule has 0 bridgehead atoms. The van der Waals surface area contributed by atoms with Crippen molar-refractivity contribution in [2.45, 2.75) is 80.2 Å². The zero-order chi connectivity index (χ0) is 25.0. The van der Waals surface area contributed by atoms with E-state index in [9.17, 15) is 10.2 Å².